The van der Waals surface area contributed by atoms with Gasteiger partial charge in [-0.05, 0) is 29.8 Å². The van der Waals surface area contributed by atoms with E-state index in [1.54, 1.807) is 0 Å². The largest absolute Gasteiger partial charge is 0.508 e. The fraction of sp³-hybridized carbons (Fsp3) is 0.200. The first kappa shape index (κ1) is 13.4. The lowest BCUT2D eigenvalue weighted by Gasteiger charge is -2.08. The van der Waals surface area contributed by atoms with Crippen molar-refractivity contribution in [3.8, 4) is 11.5 Å². The Morgan fingerprint density at radius 3 is 2.63 bits per heavy atom. The molecule has 0 amide bonds. The molecule has 0 bridgehead atoms. The predicted octanol–water partition coefficient (Wildman–Crippen LogP) is 2.70. The van der Waals surface area contributed by atoms with Gasteiger partial charge in [-0.1, -0.05) is 18.2 Å². The van der Waals surface area contributed by atoms with Gasteiger partial charge in [0.15, 0.2) is 0 Å². The first-order valence-electron chi connectivity index (χ1n) is 6.11. The molecule has 2 rings (SSSR count). The number of para-hydroxylation sites is 1. The highest BCUT2D eigenvalue weighted by Gasteiger charge is 1.99. The molecule has 2 N–H and O–H groups in total. The van der Waals surface area contributed by atoms with E-state index in [0.717, 1.165) is 11.8 Å². The average molecular weight is 261 g/mol. The van der Waals surface area contributed by atoms with E-state index in [2.05, 4.69) is 5.32 Å². The third-order valence-electron chi connectivity index (χ3n) is 2.56. The molecule has 0 spiro atoms. The zero-order valence-electron chi connectivity index (χ0n) is 10.5. The van der Waals surface area contributed by atoms with Crippen molar-refractivity contribution >= 4 is 0 Å². The highest BCUT2D eigenvalue weighted by molar-refractivity contribution is 5.28. The maximum absolute atomic E-state index is 13.0. The molecule has 0 radical (unpaired) electrons. The third kappa shape index (κ3) is 4.60. The van der Waals surface area contributed by atoms with Crippen LogP contribution in [0, 0.1) is 5.82 Å². The van der Waals surface area contributed by atoms with Crippen molar-refractivity contribution in [3.05, 3.63) is 59.9 Å². The summed E-state index contributed by atoms with van der Waals surface area (Å²) in [5.41, 5.74) is 0.706. The SMILES string of the molecule is Oc1cc(F)cc(CNCCOc2ccccc2)c1. The molecule has 2 aromatic carbocycles. The zero-order valence-corrected chi connectivity index (χ0v) is 10.5. The lowest BCUT2D eigenvalue weighted by molar-refractivity contribution is 0.313. The molecule has 19 heavy (non-hydrogen) atoms. The molecule has 0 aliphatic rings. The summed E-state index contributed by atoms with van der Waals surface area (Å²) in [4.78, 5) is 0. The maximum atomic E-state index is 13.0. The Labute approximate surface area is 111 Å². The van der Waals surface area contributed by atoms with E-state index in [9.17, 15) is 9.50 Å². The molecule has 0 aliphatic heterocycles. The molecule has 2 aromatic rings. The van der Waals surface area contributed by atoms with Gasteiger partial charge in [0.05, 0.1) is 0 Å². The van der Waals surface area contributed by atoms with Crippen molar-refractivity contribution < 1.29 is 14.2 Å². The van der Waals surface area contributed by atoms with E-state index in [1.165, 1.54) is 12.1 Å². The van der Waals surface area contributed by atoms with E-state index in [0.29, 0.717) is 25.3 Å². The molecule has 0 saturated carbocycles. The molecule has 0 heterocycles. The summed E-state index contributed by atoms with van der Waals surface area (Å²) >= 11 is 0. The minimum atomic E-state index is -0.433. The van der Waals surface area contributed by atoms with Gasteiger partial charge in [-0.2, -0.15) is 0 Å². The molecule has 4 heteroatoms. The Morgan fingerprint density at radius 2 is 1.89 bits per heavy atom. The first-order valence-corrected chi connectivity index (χ1v) is 6.11. The first-order chi connectivity index (χ1) is 9.24. The minimum Gasteiger partial charge on any atom is -0.508 e. The second-order valence-electron chi connectivity index (χ2n) is 4.16. The van der Waals surface area contributed by atoms with Crippen LogP contribution in [0.15, 0.2) is 48.5 Å². The van der Waals surface area contributed by atoms with Crippen molar-refractivity contribution in [2.24, 2.45) is 0 Å². The molecule has 0 atom stereocenters. The third-order valence-corrected chi connectivity index (χ3v) is 2.56. The summed E-state index contributed by atoms with van der Waals surface area (Å²) < 4.78 is 18.5. The van der Waals surface area contributed by atoms with Crippen LogP contribution in [-0.2, 0) is 6.54 Å². The fourth-order valence-electron chi connectivity index (χ4n) is 1.73. The number of phenolic OH excluding ortho intramolecular Hbond substituents is 1. The van der Waals surface area contributed by atoms with Crippen molar-refractivity contribution in [2.45, 2.75) is 6.54 Å². The Hall–Kier alpha value is -2.07. The predicted molar refractivity (Wildman–Crippen MR) is 71.7 cm³/mol. The van der Waals surface area contributed by atoms with E-state index >= 15 is 0 Å². The molecular formula is C15H16FNO2. The van der Waals surface area contributed by atoms with Gasteiger partial charge in [0.2, 0.25) is 0 Å². The Morgan fingerprint density at radius 1 is 1.11 bits per heavy atom. The lowest BCUT2D eigenvalue weighted by atomic mass is 10.2. The van der Waals surface area contributed by atoms with E-state index in [-0.39, 0.29) is 5.75 Å². The van der Waals surface area contributed by atoms with Gasteiger partial charge in [-0.25, -0.2) is 4.39 Å². The van der Waals surface area contributed by atoms with E-state index < -0.39 is 5.82 Å². The van der Waals surface area contributed by atoms with Crippen LogP contribution >= 0.6 is 0 Å². The Bertz CT molecular complexity index is 497. The van der Waals surface area contributed by atoms with Gasteiger partial charge >= 0.3 is 0 Å². The molecular weight excluding hydrogens is 245 g/mol. The van der Waals surface area contributed by atoms with E-state index in [4.69, 9.17) is 4.74 Å². The Kier molecular flexibility index (Phi) is 4.75. The van der Waals surface area contributed by atoms with Crippen LogP contribution in [0.5, 0.6) is 11.5 Å². The number of rotatable bonds is 6. The van der Waals surface area contributed by atoms with Crippen molar-refractivity contribution in [2.75, 3.05) is 13.2 Å². The van der Waals surface area contributed by atoms with Crippen molar-refractivity contribution in [1.29, 1.82) is 0 Å². The fourth-order valence-corrected chi connectivity index (χ4v) is 1.73. The number of nitrogens with one attached hydrogen (secondary N) is 1. The molecule has 100 valence electrons. The maximum Gasteiger partial charge on any atom is 0.127 e. The monoisotopic (exact) mass is 261 g/mol. The second-order valence-corrected chi connectivity index (χ2v) is 4.16. The smallest absolute Gasteiger partial charge is 0.127 e. The van der Waals surface area contributed by atoms with Gasteiger partial charge in [0.25, 0.3) is 0 Å². The number of aromatic hydroxyl groups is 1. The summed E-state index contributed by atoms with van der Waals surface area (Å²) in [5, 5.41) is 12.4. The summed E-state index contributed by atoms with van der Waals surface area (Å²) in [7, 11) is 0. The molecule has 0 saturated heterocycles. The highest BCUT2D eigenvalue weighted by Crippen LogP contribution is 2.14. The number of halogens is 1. The van der Waals surface area contributed by atoms with Gasteiger partial charge in [-0.15, -0.1) is 0 Å². The summed E-state index contributed by atoms with van der Waals surface area (Å²) in [6, 6.07) is 13.6. The van der Waals surface area contributed by atoms with Gasteiger partial charge in [0.1, 0.15) is 23.9 Å². The van der Waals surface area contributed by atoms with Crippen LogP contribution in [-0.4, -0.2) is 18.3 Å². The van der Waals surface area contributed by atoms with Crippen LogP contribution in [0.25, 0.3) is 0 Å². The lowest BCUT2D eigenvalue weighted by Crippen LogP contribution is -2.20. The number of ether oxygens (including phenoxy) is 1. The zero-order chi connectivity index (χ0) is 13.5. The van der Waals surface area contributed by atoms with Crippen molar-refractivity contribution in [1.82, 2.24) is 5.32 Å². The normalized spacial score (nSPS) is 10.4. The summed E-state index contributed by atoms with van der Waals surface area (Å²) in [6.45, 7) is 1.67. The van der Waals surface area contributed by atoms with Crippen LogP contribution in [0.2, 0.25) is 0 Å². The van der Waals surface area contributed by atoms with E-state index in [1.807, 2.05) is 30.3 Å². The molecule has 0 unspecified atom stereocenters. The minimum absolute atomic E-state index is 0.0580. The van der Waals surface area contributed by atoms with Crippen molar-refractivity contribution in [3.63, 3.8) is 0 Å². The molecule has 0 fully saturated rings. The van der Waals surface area contributed by atoms with Crippen LogP contribution < -0.4 is 10.1 Å². The Balaban J connectivity index is 1.69. The van der Waals surface area contributed by atoms with Gasteiger partial charge < -0.3 is 15.2 Å². The van der Waals surface area contributed by atoms with Crippen LogP contribution in [0.3, 0.4) is 0 Å². The standard InChI is InChI=1S/C15H16FNO2/c16-13-8-12(9-14(18)10-13)11-17-6-7-19-15-4-2-1-3-5-15/h1-5,8-10,17-18H,6-7,11H2. The topological polar surface area (TPSA) is 41.5 Å². The second kappa shape index (κ2) is 6.75. The van der Waals surface area contributed by atoms with Crippen LogP contribution in [0.1, 0.15) is 5.56 Å². The number of benzene rings is 2. The molecule has 3 nitrogen and oxygen atoms in total. The van der Waals surface area contributed by atoms with Gasteiger partial charge in [0, 0.05) is 19.2 Å². The number of hydrogen-bond acceptors (Lipinski definition) is 3. The highest BCUT2D eigenvalue weighted by atomic mass is 19.1. The average Bonchev–Trinajstić information content (AvgIpc) is 2.38. The summed E-state index contributed by atoms with van der Waals surface area (Å²) in [5.74, 6) is 0.336. The summed E-state index contributed by atoms with van der Waals surface area (Å²) in [6.07, 6.45) is 0. The molecule has 0 aromatic heterocycles. The number of hydrogen-bond donors (Lipinski definition) is 2. The number of phenols is 1. The van der Waals surface area contributed by atoms with Crippen LogP contribution in [0.4, 0.5) is 4.39 Å². The molecule has 0 aliphatic carbocycles. The van der Waals surface area contributed by atoms with Gasteiger partial charge in [-0.3, -0.25) is 0 Å². The quantitative estimate of drug-likeness (QED) is 0.786.